The molecule has 14 heavy (non-hydrogen) atoms. The lowest BCUT2D eigenvalue weighted by molar-refractivity contribution is 0.148. The first-order valence-electron chi connectivity index (χ1n) is 5.20. The van der Waals surface area contributed by atoms with Gasteiger partial charge in [-0.05, 0) is 25.2 Å². The molecule has 0 radical (unpaired) electrons. The molecular formula is C11H19N3. The predicted molar refractivity (Wildman–Crippen MR) is 58.1 cm³/mol. The van der Waals surface area contributed by atoms with Gasteiger partial charge in [-0.15, -0.1) is 0 Å². The molecule has 0 unspecified atom stereocenters. The molecule has 0 saturated heterocycles. The number of hydrogen-bond donors (Lipinski definition) is 1. The average Bonchev–Trinajstić information content (AvgIpc) is 2.28. The second-order valence-corrected chi connectivity index (χ2v) is 5.29. The van der Waals surface area contributed by atoms with E-state index in [0.29, 0.717) is 11.3 Å². The van der Waals surface area contributed by atoms with Gasteiger partial charge in [-0.25, -0.2) is 0 Å². The van der Waals surface area contributed by atoms with Crippen LogP contribution in [0.15, 0.2) is 0 Å². The fraction of sp³-hybridized carbons (Fsp3) is 0.727. The van der Waals surface area contributed by atoms with Crippen LogP contribution in [0.3, 0.4) is 0 Å². The molecule has 1 aliphatic carbocycles. The summed E-state index contributed by atoms with van der Waals surface area (Å²) in [7, 11) is 1.91. The number of rotatable bonds is 1. The standard InChI is InChI=1S/C11H19N3/c1-7-9(13-14(4)10(7)12)8-5-11(2,3)6-8/h8H,5-6,12H2,1-4H3. The average molecular weight is 193 g/mol. The van der Waals surface area contributed by atoms with Gasteiger partial charge in [0.25, 0.3) is 0 Å². The zero-order valence-corrected chi connectivity index (χ0v) is 9.46. The van der Waals surface area contributed by atoms with Crippen molar-refractivity contribution in [3.8, 4) is 0 Å². The molecule has 1 aliphatic rings. The van der Waals surface area contributed by atoms with Crippen LogP contribution in [0.5, 0.6) is 0 Å². The van der Waals surface area contributed by atoms with E-state index in [9.17, 15) is 0 Å². The van der Waals surface area contributed by atoms with E-state index in [4.69, 9.17) is 5.73 Å². The monoisotopic (exact) mass is 193 g/mol. The van der Waals surface area contributed by atoms with Crippen molar-refractivity contribution in [3.63, 3.8) is 0 Å². The first-order chi connectivity index (χ1) is 6.41. The Hall–Kier alpha value is -0.990. The van der Waals surface area contributed by atoms with Crippen LogP contribution in [-0.4, -0.2) is 9.78 Å². The van der Waals surface area contributed by atoms with Gasteiger partial charge < -0.3 is 5.73 Å². The Morgan fingerprint density at radius 3 is 2.36 bits per heavy atom. The highest BCUT2D eigenvalue weighted by Crippen LogP contribution is 2.50. The summed E-state index contributed by atoms with van der Waals surface area (Å²) in [6, 6.07) is 0. The van der Waals surface area contributed by atoms with Gasteiger partial charge >= 0.3 is 0 Å². The van der Waals surface area contributed by atoms with Crippen molar-refractivity contribution in [2.24, 2.45) is 12.5 Å². The van der Waals surface area contributed by atoms with Crippen LogP contribution in [-0.2, 0) is 7.05 Å². The lowest BCUT2D eigenvalue weighted by Crippen LogP contribution is -2.30. The van der Waals surface area contributed by atoms with E-state index in [1.807, 2.05) is 7.05 Å². The quantitative estimate of drug-likeness (QED) is 0.743. The molecule has 1 heterocycles. The first-order valence-corrected chi connectivity index (χ1v) is 5.20. The molecule has 2 rings (SSSR count). The SMILES string of the molecule is Cc1c(C2CC(C)(C)C2)nn(C)c1N. The summed E-state index contributed by atoms with van der Waals surface area (Å²) in [6.45, 7) is 6.69. The maximum atomic E-state index is 5.89. The van der Waals surface area contributed by atoms with Gasteiger partial charge in [0, 0.05) is 18.5 Å². The van der Waals surface area contributed by atoms with Crippen LogP contribution < -0.4 is 5.73 Å². The van der Waals surface area contributed by atoms with Crippen molar-refractivity contribution >= 4 is 5.82 Å². The molecule has 0 spiro atoms. The molecule has 0 amide bonds. The number of hydrogen-bond acceptors (Lipinski definition) is 2. The van der Waals surface area contributed by atoms with Crippen LogP contribution in [0.2, 0.25) is 0 Å². The summed E-state index contributed by atoms with van der Waals surface area (Å²) >= 11 is 0. The van der Waals surface area contributed by atoms with E-state index in [2.05, 4.69) is 25.9 Å². The Labute approximate surface area is 85.3 Å². The minimum atomic E-state index is 0.503. The van der Waals surface area contributed by atoms with E-state index >= 15 is 0 Å². The Balaban J connectivity index is 2.23. The normalized spacial score (nSPS) is 20.9. The van der Waals surface area contributed by atoms with Gasteiger partial charge in [-0.1, -0.05) is 13.8 Å². The molecule has 0 atom stereocenters. The molecule has 0 bridgehead atoms. The van der Waals surface area contributed by atoms with Gasteiger partial charge in [0.1, 0.15) is 5.82 Å². The van der Waals surface area contributed by atoms with E-state index < -0.39 is 0 Å². The number of anilines is 1. The van der Waals surface area contributed by atoms with Crippen LogP contribution in [0, 0.1) is 12.3 Å². The van der Waals surface area contributed by atoms with Gasteiger partial charge in [0.05, 0.1) is 5.69 Å². The van der Waals surface area contributed by atoms with E-state index in [0.717, 1.165) is 5.82 Å². The fourth-order valence-electron chi connectivity index (χ4n) is 2.52. The van der Waals surface area contributed by atoms with Gasteiger partial charge in [0.2, 0.25) is 0 Å². The van der Waals surface area contributed by atoms with Crippen molar-refractivity contribution in [2.45, 2.75) is 39.5 Å². The smallest absolute Gasteiger partial charge is 0.124 e. The minimum Gasteiger partial charge on any atom is -0.384 e. The number of aryl methyl sites for hydroxylation is 1. The molecule has 1 aromatic rings. The predicted octanol–water partition coefficient (Wildman–Crippen LogP) is 2.21. The van der Waals surface area contributed by atoms with Crippen LogP contribution >= 0.6 is 0 Å². The summed E-state index contributed by atoms with van der Waals surface area (Å²) in [5.74, 6) is 1.44. The van der Waals surface area contributed by atoms with Crippen molar-refractivity contribution in [2.75, 3.05) is 5.73 Å². The molecule has 3 nitrogen and oxygen atoms in total. The van der Waals surface area contributed by atoms with Crippen molar-refractivity contribution < 1.29 is 0 Å². The minimum absolute atomic E-state index is 0.503. The summed E-state index contributed by atoms with van der Waals surface area (Å²) in [6.07, 6.45) is 2.48. The molecule has 3 heteroatoms. The van der Waals surface area contributed by atoms with E-state index in [1.165, 1.54) is 24.1 Å². The molecule has 1 aromatic heterocycles. The fourth-order valence-corrected chi connectivity index (χ4v) is 2.52. The largest absolute Gasteiger partial charge is 0.384 e. The lowest BCUT2D eigenvalue weighted by atomic mass is 9.63. The molecule has 1 saturated carbocycles. The third-order valence-corrected chi connectivity index (χ3v) is 3.36. The highest BCUT2D eigenvalue weighted by Gasteiger charge is 2.39. The Morgan fingerprint density at radius 1 is 1.43 bits per heavy atom. The summed E-state index contributed by atoms with van der Waals surface area (Å²) in [5, 5.41) is 4.49. The van der Waals surface area contributed by atoms with E-state index in [1.54, 1.807) is 4.68 Å². The van der Waals surface area contributed by atoms with Gasteiger partial charge in [-0.2, -0.15) is 5.10 Å². The van der Waals surface area contributed by atoms with Crippen LogP contribution in [0.4, 0.5) is 5.82 Å². The van der Waals surface area contributed by atoms with Gasteiger partial charge in [-0.3, -0.25) is 4.68 Å². The molecular weight excluding hydrogens is 174 g/mol. The highest BCUT2D eigenvalue weighted by atomic mass is 15.3. The zero-order valence-electron chi connectivity index (χ0n) is 9.46. The maximum absolute atomic E-state index is 5.89. The Bertz CT molecular complexity index is 355. The Morgan fingerprint density at radius 2 is 2.00 bits per heavy atom. The first kappa shape index (κ1) is 9.56. The molecule has 2 N–H and O–H groups in total. The third kappa shape index (κ3) is 1.31. The third-order valence-electron chi connectivity index (χ3n) is 3.36. The molecule has 1 fully saturated rings. The summed E-state index contributed by atoms with van der Waals surface area (Å²) in [4.78, 5) is 0. The van der Waals surface area contributed by atoms with Crippen molar-refractivity contribution in [1.29, 1.82) is 0 Å². The molecule has 0 aliphatic heterocycles. The van der Waals surface area contributed by atoms with Crippen LogP contribution in [0.25, 0.3) is 0 Å². The number of aromatic nitrogens is 2. The second kappa shape index (κ2) is 2.75. The summed E-state index contributed by atoms with van der Waals surface area (Å²) in [5.41, 5.74) is 8.78. The van der Waals surface area contributed by atoms with Crippen molar-refractivity contribution in [3.05, 3.63) is 11.3 Å². The number of nitrogens with zero attached hydrogens (tertiary/aromatic N) is 2. The topological polar surface area (TPSA) is 43.8 Å². The zero-order chi connectivity index (χ0) is 10.5. The van der Waals surface area contributed by atoms with Gasteiger partial charge in [0.15, 0.2) is 0 Å². The second-order valence-electron chi connectivity index (χ2n) is 5.29. The summed E-state index contributed by atoms with van der Waals surface area (Å²) < 4.78 is 1.79. The highest BCUT2D eigenvalue weighted by molar-refractivity contribution is 5.44. The lowest BCUT2D eigenvalue weighted by Gasteiger charge is -2.42. The molecule has 78 valence electrons. The number of nitrogens with two attached hydrogens (primary N) is 1. The Kier molecular flexibility index (Phi) is 1.88. The van der Waals surface area contributed by atoms with Crippen molar-refractivity contribution in [1.82, 2.24) is 9.78 Å². The number of nitrogen functional groups attached to an aromatic ring is 1. The van der Waals surface area contributed by atoms with Crippen LogP contribution in [0.1, 0.15) is 43.9 Å². The maximum Gasteiger partial charge on any atom is 0.124 e. The van der Waals surface area contributed by atoms with E-state index in [-0.39, 0.29) is 0 Å². The molecule has 0 aromatic carbocycles.